The lowest BCUT2D eigenvalue weighted by Gasteiger charge is -2.22. The van der Waals surface area contributed by atoms with Crippen LogP contribution in [0.25, 0.3) is 0 Å². The molecule has 1 unspecified atom stereocenters. The summed E-state index contributed by atoms with van der Waals surface area (Å²) in [5.41, 5.74) is 2.77. The number of benzene rings is 1. The van der Waals surface area contributed by atoms with E-state index in [0.717, 1.165) is 11.3 Å². The summed E-state index contributed by atoms with van der Waals surface area (Å²) in [6.07, 6.45) is -0.356. The van der Waals surface area contributed by atoms with Crippen molar-refractivity contribution in [2.24, 2.45) is 0 Å². The van der Waals surface area contributed by atoms with Crippen molar-refractivity contribution >= 4 is 5.69 Å². The quantitative estimate of drug-likeness (QED) is 0.815. The van der Waals surface area contributed by atoms with Gasteiger partial charge < -0.3 is 10.0 Å². The number of nitrogens with zero attached hydrogens (tertiary/aromatic N) is 2. The van der Waals surface area contributed by atoms with Crippen LogP contribution >= 0.6 is 0 Å². The fourth-order valence-electron chi connectivity index (χ4n) is 1.65. The van der Waals surface area contributed by atoms with Gasteiger partial charge in [0.1, 0.15) is 0 Å². The minimum absolute atomic E-state index is 0.356. The molecular weight excluding hydrogens is 188 g/mol. The molecule has 0 aliphatic heterocycles. The van der Waals surface area contributed by atoms with Crippen LogP contribution in [-0.4, -0.2) is 24.8 Å². The average molecular weight is 204 g/mol. The standard InChI is InChI=1S/C12H16N2O/c1-9-6-11(7-13)4-5-12(9)14(3)8-10(2)15/h4-6,10,15H,8H2,1-3H3. The van der Waals surface area contributed by atoms with Crippen LogP contribution in [0.15, 0.2) is 18.2 Å². The predicted octanol–water partition coefficient (Wildman–Crippen LogP) is 1.68. The van der Waals surface area contributed by atoms with Crippen molar-refractivity contribution in [2.45, 2.75) is 20.0 Å². The minimum Gasteiger partial charge on any atom is -0.392 e. The van der Waals surface area contributed by atoms with Crippen LogP contribution in [0.5, 0.6) is 0 Å². The number of likely N-dealkylation sites (N-methyl/N-ethyl adjacent to an activating group) is 1. The highest BCUT2D eigenvalue weighted by molar-refractivity contribution is 5.55. The van der Waals surface area contributed by atoms with E-state index in [-0.39, 0.29) is 6.10 Å². The minimum atomic E-state index is -0.356. The Kier molecular flexibility index (Phi) is 3.70. The Morgan fingerprint density at radius 1 is 1.53 bits per heavy atom. The molecule has 1 aromatic rings. The summed E-state index contributed by atoms with van der Waals surface area (Å²) in [5, 5.41) is 18.0. The van der Waals surface area contributed by atoms with E-state index in [1.807, 2.05) is 31.0 Å². The van der Waals surface area contributed by atoms with Crippen molar-refractivity contribution in [3.63, 3.8) is 0 Å². The average Bonchev–Trinajstić information content (AvgIpc) is 2.16. The number of aliphatic hydroxyl groups excluding tert-OH is 1. The summed E-state index contributed by atoms with van der Waals surface area (Å²) in [6, 6.07) is 7.67. The van der Waals surface area contributed by atoms with Crippen LogP contribution in [0, 0.1) is 18.3 Å². The van der Waals surface area contributed by atoms with Crippen LogP contribution in [0.3, 0.4) is 0 Å². The van der Waals surface area contributed by atoms with E-state index in [1.54, 1.807) is 13.0 Å². The Balaban J connectivity index is 2.91. The zero-order chi connectivity index (χ0) is 11.4. The lowest BCUT2D eigenvalue weighted by Crippen LogP contribution is -2.27. The first-order chi connectivity index (χ1) is 7.04. The van der Waals surface area contributed by atoms with Crippen molar-refractivity contribution in [1.29, 1.82) is 5.26 Å². The number of hydrogen-bond donors (Lipinski definition) is 1. The first kappa shape index (κ1) is 11.5. The number of aryl methyl sites for hydroxylation is 1. The summed E-state index contributed by atoms with van der Waals surface area (Å²) in [5.74, 6) is 0. The second kappa shape index (κ2) is 4.81. The van der Waals surface area contributed by atoms with Crippen LogP contribution in [0.4, 0.5) is 5.69 Å². The Labute approximate surface area is 90.6 Å². The lowest BCUT2D eigenvalue weighted by molar-refractivity contribution is 0.201. The molecule has 0 heterocycles. The molecule has 0 amide bonds. The molecular formula is C12H16N2O. The zero-order valence-electron chi connectivity index (χ0n) is 9.36. The van der Waals surface area contributed by atoms with E-state index in [4.69, 9.17) is 5.26 Å². The molecule has 0 spiro atoms. The van der Waals surface area contributed by atoms with Gasteiger partial charge in [-0.25, -0.2) is 0 Å². The molecule has 3 heteroatoms. The Bertz CT molecular complexity index is 380. The monoisotopic (exact) mass is 204 g/mol. The maximum absolute atomic E-state index is 9.28. The molecule has 80 valence electrons. The predicted molar refractivity (Wildman–Crippen MR) is 60.8 cm³/mol. The van der Waals surface area contributed by atoms with Crippen molar-refractivity contribution < 1.29 is 5.11 Å². The Morgan fingerprint density at radius 3 is 2.67 bits per heavy atom. The highest BCUT2D eigenvalue weighted by atomic mass is 16.3. The highest BCUT2D eigenvalue weighted by Gasteiger charge is 2.07. The SMILES string of the molecule is Cc1cc(C#N)ccc1N(C)CC(C)O. The molecule has 1 N–H and O–H groups in total. The summed E-state index contributed by atoms with van der Waals surface area (Å²) in [6.45, 7) is 4.32. The van der Waals surface area contributed by atoms with Crippen molar-refractivity contribution in [3.8, 4) is 6.07 Å². The largest absolute Gasteiger partial charge is 0.392 e. The summed E-state index contributed by atoms with van der Waals surface area (Å²) in [7, 11) is 1.93. The van der Waals surface area contributed by atoms with Gasteiger partial charge in [0, 0.05) is 19.3 Å². The fraction of sp³-hybridized carbons (Fsp3) is 0.417. The molecule has 15 heavy (non-hydrogen) atoms. The van der Waals surface area contributed by atoms with Gasteiger partial charge in [0.15, 0.2) is 0 Å². The third kappa shape index (κ3) is 2.97. The fourth-order valence-corrected chi connectivity index (χ4v) is 1.65. The molecule has 1 atom stereocenters. The number of aliphatic hydroxyl groups is 1. The van der Waals surface area contributed by atoms with E-state index < -0.39 is 0 Å². The molecule has 0 bridgehead atoms. The van der Waals surface area contributed by atoms with Crippen LogP contribution in [0.1, 0.15) is 18.1 Å². The van der Waals surface area contributed by atoms with E-state index in [1.165, 1.54) is 0 Å². The molecule has 0 aliphatic rings. The van der Waals surface area contributed by atoms with Gasteiger partial charge in [-0.1, -0.05) is 0 Å². The number of rotatable bonds is 3. The zero-order valence-corrected chi connectivity index (χ0v) is 9.36. The van der Waals surface area contributed by atoms with Gasteiger partial charge in [-0.2, -0.15) is 5.26 Å². The van der Waals surface area contributed by atoms with Gasteiger partial charge in [-0.05, 0) is 37.6 Å². The lowest BCUT2D eigenvalue weighted by atomic mass is 10.1. The van der Waals surface area contributed by atoms with Gasteiger partial charge in [0.2, 0.25) is 0 Å². The van der Waals surface area contributed by atoms with Crippen LogP contribution < -0.4 is 4.90 Å². The van der Waals surface area contributed by atoms with E-state index in [9.17, 15) is 5.11 Å². The van der Waals surface area contributed by atoms with E-state index >= 15 is 0 Å². The maximum atomic E-state index is 9.28. The Hall–Kier alpha value is -1.53. The molecule has 0 radical (unpaired) electrons. The summed E-state index contributed by atoms with van der Waals surface area (Å²) < 4.78 is 0. The van der Waals surface area contributed by atoms with Gasteiger partial charge in [0.05, 0.1) is 17.7 Å². The highest BCUT2D eigenvalue weighted by Crippen LogP contribution is 2.19. The number of anilines is 1. The molecule has 0 fully saturated rings. The van der Waals surface area contributed by atoms with E-state index in [0.29, 0.717) is 12.1 Å². The normalized spacial score (nSPS) is 11.9. The van der Waals surface area contributed by atoms with Crippen LogP contribution in [0.2, 0.25) is 0 Å². The van der Waals surface area contributed by atoms with Crippen LogP contribution in [-0.2, 0) is 0 Å². The first-order valence-electron chi connectivity index (χ1n) is 4.94. The van der Waals surface area contributed by atoms with Crippen molar-refractivity contribution in [2.75, 3.05) is 18.5 Å². The second-order valence-electron chi connectivity index (χ2n) is 3.84. The number of hydrogen-bond acceptors (Lipinski definition) is 3. The molecule has 0 aromatic heterocycles. The van der Waals surface area contributed by atoms with Gasteiger partial charge >= 0.3 is 0 Å². The molecule has 1 rings (SSSR count). The molecule has 0 aliphatic carbocycles. The molecule has 1 aromatic carbocycles. The molecule has 0 saturated carbocycles. The third-order valence-corrected chi connectivity index (χ3v) is 2.28. The van der Waals surface area contributed by atoms with Crippen molar-refractivity contribution in [3.05, 3.63) is 29.3 Å². The third-order valence-electron chi connectivity index (χ3n) is 2.28. The van der Waals surface area contributed by atoms with Crippen molar-refractivity contribution in [1.82, 2.24) is 0 Å². The topological polar surface area (TPSA) is 47.3 Å². The number of nitriles is 1. The summed E-state index contributed by atoms with van der Waals surface area (Å²) >= 11 is 0. The van der Waals surface area contributed by atoms with E-state index in [2.05, 4.69) is 6.07 Å². The Morgan fingerprint density at radius 2 is 2.20 bits per heavy atom. The van der Waals surface area contributed by atoms with Gasteiger partial charge in [-0.3, -0.25) is 0 Å². The molecule has 0 saturated heterocycles. The maximum Gasteiger partial charge on any atom is 0.0991 e. The van der Waals surface area contributed by atoms with Gasteiger partial charge in [-0.15, -0.1) is 0 Å². The summed E-state index contributed by atoms with van der Waals surface area (Å²) in [4.78, 5) is 1.99. The second-order valence-corrected chi connectivity index (χ2v) is 3.84. The molecule has 3 nitrogen and oxygen atoms in total. The smallest absolute Gasteiger partial charge is 0.0991 e. The first-order valence-corrected chi connectivity index (χ1v) is 4.94. The van der Waals surface area contributed by atoms with Gasteiger partial charge in [0.25, 0.3) is 0 Å².